The molecule has 0 aliphatic carbocycles. The van der Waals surface area contributed by atoms with E-state index in [2.05, 4.69) is 16.9 Å². The van der Waals surface area contributed by atoms with E-state index in [-0.39, 0.29) is 5.89 Å². The van der Waals surface area contributed by atoms with Gasteiger partial charge in [-0.25, -0.2) is 14.4 Å². The topological polar surface area (TPSA) is 53.1 Å². The molecule has 0 aliphatic heterocycles. The number of imidazole rings is 1. The number of rotatable bonds is 6. The first-order valence-corrected chi connectivity index (χ1v) is 7.92. The lowest BCUT2D eigenvalue weighted by atomic mass is 10.2. The van der Waals surface area contributed by atoms with Crippen molar-refractivity contribution in [1.29, 1.82) is 0 Å². The van der Waals surface area contributed by atoms with E-state index < -0.39 is 5.82 Å². The number of hydrogen-bond acceptors (Lipinski definition) is 4. The fourth-order valence-corrected chi connectivity index (χ4v) is 2.58. The summed E-state index contributed by atoms with van der Waals surface area (Å²) in [6, 6.07) is 4.62. The van der Waals surface area contributed by atoms with E-state index in [1.54, 1.807) is 18.3 Å². The summed E-state index contributed by atoms with van der Waals surface area (Å²) >= 11 is 0. The number of oxazole rings is 1. The molecular weight excluding hydrogens is 309 g/mol. The van der Waals surface area contributed by atoms with Crippen LogP contribution in [0.4, 0.5) is 4.39 Å². The molecule has 0 atom stereocenters. The molecule has 0 fully saturated rings. The van der Waals surface area contributed by atoms with Gasteiger partial charge in [0.1, 0.15) is 28.8 Å². The number of ether oxygens (including phenoxy) is 1. The molecule has 3 aromatic rings. The van der Waals surface area contributed by atoms with Crippen LogP contribution in [0.2, 0.25) is 0 Å². The second kappa shape index (κ2) is 6.86. The van der Waals surface area contributed by atoms with Crippen LogP contribution in [0.5, 0.6) is 5.75 Å². The summed E-state index contributed by atoms with van der Waals surface area (Å²) in [6.07, 6.45) is 5.64. The molecule has 2 aromatic heterocycles. The lowest BCUT2D eigenvalue weighted by Gasteiger charge is -2.05. The molecule has 0 saturated heterocycles. The Bertz CT molecular complexity index is 839. The van der Waals surface area contributed by atoms with Crippen molar-refractivity contribution in [3.63, 3.8) is 0 Å². The molecule has 0 spiro atoms. The van der Waals surface area contributed by atoms with Crippen molar-refractivity contribution in [1.82, 2.24) is 14.5 Å². The Morgan fingerprint density at radius 3 is 2.88 bits per heavy atom. The molecule has 2 heterocycles. The first-order chi connectivity index (χ1) is 11.6. The Hall–Kier alpha value is -2.63. The lowest BCUT2D eigenvalue weighted by molar-refractivity contribution is 0.411. The van der Waals surface area contributed by atoms with E-state index in [0.29, 0.717) is 23.6 Å². The Kier molecular flexibility index (Phi) is 4.64. The summed E-state index contributed by atoms with van der Waals surface area (Å²) in [6.45, 7) is 4.51. The largest absolute Gasteiger partial charge is 0.497 e. The van der Waals surface area contributed by atoms with E-state index in [4.69, 9.17) is 9.15 Å². The van der Waals surface area contributed by atoms with E-state index in [1.165, 1.54) is 13.2 Å². The van der Waals surface area contributed by atoms with Crippen molar-refractivity contribution in [3.8, 4) is 17.2 Å². The second-order valence-corrected chi connectivity index (χ2v) is 5.59. The SMILES string of the molecule is CCCc1nccn1Cc1nc(-c2ccc(OC)cc2F)oc1C. The minimum absolute atomic E-state index is 0.278. The van der Waals surface area contributed by atoms with Crippen molar-refractivity contribution >= 4 is 0 Å². The smallest absolute Gasteiger partial charge is 0.229 e. The lowest BCUT2D eigenvalue weighted by Crippen LogP contribution is -2.05. The highest BCUT2D eigenvalue weighted by Crippen LogP contribution is 2.27. The molecule has 3 rings (SSSR count). The Morgan fingerprint density at radius 1 is 1.33 bits per heavy atom. The number of nitrogens with zero attached hydrogens (tertiary/aromatic N) is 3. The van der Waals surface area contributed by atoms with Gasteiger partial charge in [0.05, 0.1) is 19.2 Å². The fourth-order valence-electron chi connectivity index (χ4n) is 2.58. The Morgan fingerprint density at radius 2 is 2.17 bits per heavy atom. The third-order valence-electron chi connectivity index (χ3n) is 3.89. The zero-order valence-electron chi connectivity index (χ0n) is 14.0. The fraction of sp³-hybridized carbons (Fsp3) is 0.333. The molecule has 24 heavy (non-hydrogen) atoms. The molecule has 1 aromatic carbocycles. The molecule has 6 heteroatoms. The van der Waals surface area contributed by atoms with Gasteiger partial charge in [-0.3, -0.25) is 0 Å². The molecule has 0 amide bonds. The summed E-state index contributed by atoms with van der Waals surface area (Å²) in [5.74, 6) is 2.01. The standard InChI is InChI=1S/C18H20FN3O2/c1-4-5-17-20-8-9-22(17)11-16-12(2)24-18(21-16)14-7-6-13(23-3)10-15(14)19/h6-10H,4-5,11H2,1-3H3. The first kappa shape index (κ1) is 16.2. The van der Waals surface area contributed by atoms with Gasteiger partial charge in [-0.15, -0.1) is 0 Å². The number of halogens is 1. The molecule has 0 aliphatic rings. The Labute approximate surface area is 140 Å². The zero-order chi connectivity index (χ0) is 17.1. The minimum atomic E-state index is -0.420. The average Bonchev–Trinajstić information content (AvgIpc) is 3.15. The highest BCUT2D eigenvalue weighted by Gasteiger charge is 2.16. The highest BCUT2D eigenvalue weighted by molar-refractivity contribution is 5.56. The summed E-state index contributed by atoms with van der Waals surface area (Å²) in [5.41, 5.74) is 1.10. The summed E-state index contributed by atoms with van der Waals surface area (Å²) in [7, 11) is 1.50. The second-order valence-electron chi connectivity index (χ2n) is 5.59. The van der Waals surface area contributed by atoms with Crippen LogP contribution >= 0.6 is 0 Å². The number of methoxy groups -OCH3 is 1. The van der Waals surface area contributed by atoms with Crippen LogP contribution in [0.25, 0.3) is 11.5 Å². The predicted octanol–water partition coefficient (Wildman–Crippen LogP) is 4.00. The summed E-state index contributed by atoms with van der Waals surface area (Å²) in [5, 5.41) is 0. The van der Waals surface area contributed by atoms with E-state index in [0.717, 1.165) is 24.4 Å². The van der Waals surface area contributed by atoms with Gasteiger partial charge >= 0.3 is 0 Å². The van der Waals surface area contributed by atoms with E-state index in [9.17, 15) is 4.39 Å². The third kappa shape index (κ3) is 3.18. The number of aromatic nitrogens is 3. The third-order valence-corrected chi connectivity index (χ3v) is 3.89. The van der Waals surface area contributed by atoms with Crippen LogP contribution in [0.15, 0.2) is 35.0 Å². The van der Waals surface area contributed by atoms with Gasteiger partial charge < -0.3 is 13.7 Å². The number of benzene rings is 1. The normalized spacial score (nSPS) is 11.0. The first-order valence-electron chi connectivity index (χ1n) is 7.92. The molecule has 0 bridgehead atoms. The van der Waals surface area contributed by atoms with Gasteiger partial charge in [-0.05, 0) is 25.5 Å². The monoisotopic (exact) mass is 329 g/mol. The van der Waals surface area contributed by atoms with E-state index in [1.807, 2.05) is 17.7 Å². The van der Waals surface area contributed by atoms with Crippen LogP contribution < -0.4 is 4.74 Å². The van der Waals surface area contributed by atoms with Crippen LogP contribution in [0.1, 0.15) is 30.6 Å². The van der Waals surface area contributed by atoms with Gasteiger partial charge in [-0.2, -0.15) is 0 Å². The van der Waals surface area contributed by atoms with Crippen molar-refractivity contribution in [2.24, 2.45) is 0 Å². The van der Waals surface area contributed by atoms with Gasteiger partial charge in [0, 0.05) is 24.9 Å². The highest BCUT2D eigenvalue weighted by atomic mass is 19.1. The van der Waals surface area contributed by atoms with Crippen molar-refractivity contribution in [2.45, 2.75) is 33.2 Å². The average molecular weight is 329 g/mol. The molecule has 0 saturated carbocycles. The van der Waals surface area contributed by atoms with Crippen LogP contribution in [-0.2, 0) is 13.0 Å². The zero-order valence-corrected chi connectivity index (χ0v) is 14.0. The summed E-state index contributed by atoms with van der Waals surface area (Å²) in [4.78, 5) is 8.84. The van der Waals surface area contributed by atoms with E-state index >= 15 is 0 Å². The van der Waals surface area contributed by atoms with Gasteiger partial charge in [0.2, 0.25) is 5.89 Å². The van der Waals surface area contributed by atoms with Crippen molar-refractivity contribution < 1.29 is 13.5 Å². The van der Waals surface area contributed by atoms with Crippen LogP contribution in [0, 0.1) is 12.7 Å². The van der Waals surface area contributed by atoms with Crippen molar-refractivity contribution in [2.75, 3.05) is 7.11 Å². The molecule has 5 nitrogen and oxygen atoms in total. The number of hydrogen-bond donors (Lipinski definition) is 0. The van der Waals surface area contributed by atoms with Crippen LogP contribution in [-0.4, -0.2) is 21.6 Å². The maximum atomic E-state index is 14.2. The number of aryl methyl sites for hydroxylation is 2. The maximum Gasteiger partial charge on any atom is 0.229 e. The Balaban J connectivity index is 1.89. The molecule has 0 radical (unpaired) electrons. The molecule has 0 N–H and O–H groups in total. The quantitative estimate of drug-likeness (QED) is 0.686. The van der Waals surface area contributed by atoms with Crippen molar-refractivity contribution in [3.05, 3.63) is 53.7 Å². The molecule has 126 valence electrons. The van der Waals surface area contributed by atoms with Crippen LogP contribution in [0.3, 0.4) is 0 Å². The van der Waals surface area contributed by atoms with Gasteiger partial charge in [0.15, 0.2) is 0 Å². The molecular formula is C18H20FN3O2. The maximum absolute atomic E-state index is 14.2. The van der Waals surface area contributed by atoms with Gasteiger partial charge in [-0.1, -0.05) is 6.92 Å². The van der Waals surface area contributed by atoms with Gasteiger partial charge in [0.25, 0.3) is 0 Å². The summed E-state index contributed by atoms with van der Waals surface area (Å²) < 4.78 is 27.0. The molecule has 0 unspecified atom stereocenters. The minimum Gasteiger partial charge on any atom is -0.497 e. The predicted molar refractivity (Wildman–Crippen MR) is 88.5 cm³/mol.